The Morgan fingerprint density at radius 3 is 1.35 bits per heavy atom. The minimum atomic E-state index is -1.54. The number of nitrogens with one attached hydrogen (secondary N) is 1. The summed E-state index contributed by atoms with van der Waals surface area (Å²) >= 11 is 11.7. The van der Waals surface area contributed by atoms with Gasteiger partial charge in [-0.05, 0) is 86.5 Å². The number of carbonyl (C=O) groups is 2. The molecule has 1 amide bonds. The van der Waals surface area contributed by atoms with Gasteiger partial charge in [-0.25, -0.2) is 28.7 Å². The van der Waals surface area contributed by atoms with Crippen LogP contribution in [0.15, 0.2) is 61.2 Å². The van der Waals surface area contributed by atoms with E-state index in [-0.39, 0.29) is 24.0 Å². The van der Waals surface area contributed by atoms with Crippen LogP contribution in [0.5, 0.6) is 11.5 Å². The lowest BCUT2D eigenvalue weighted by Gasteiger charge is -2.31. The van der Waals surface area contributed by atoms with E-state index in [4.69, 9.17) is 58.8 Å². The molecule has 2 aromatic carbocycles. The van der Waals surface area contributed by atoms with Crippen molar-refractivity contribution in [1.82, 2.24) is 25.3 Å². The number of ether oxygens (including phenoxy) is 2. The zero-order valence-corrected chi connectivity index (χ0v) is 41.0. The van der Waals surface area contributed by atoms with Gasteiger partial charge in [-0.15, -0.1) is 0 Å². The van der Waals surface area contributed by atoms with E-state index in [1.807, 2.05) is 0 Å². The number of amides is 1. The second-order valence-corrected chi connectivity index (χ2v) is 18.5. The van der Waals surface area contributed by atoms with Gasteiger partial charge in [0.2, 0.25) is 17.8 Å². The lowest BCUT2D eigenvalue weighted by molar-refractivity contribution is -0.136. The van der Waals surface area contributed by atoms with E-state index in [0.717, 1.165) is 83.5 Å². The van der Waals surface area contributed by atoms with Gasteiger partial charge in [0.1, 0.15) is 28.7 Å². The summed E-state index contributed by atoms with van der Waals surface area (Å²) in [4.78, 5) is 44.2. The summed E-state index contributed by atoms with van der Waals surface area (Å²) in [5.41, 5.74) is 2.70. The van der Waals surface area contributed by atoms with Gasteiger partial charge in [0.25, 0.3) is 0 Å². The number of carboxylic acids is 1. The number of carbonyl (C=O) groups excluding carboxylic acids is 1. The van der Waals surface area contributed by atoms with Crippen molar-refractivity contribution in [2.45, 2.75) is 75.3 Å². The topological polar surface area (TPSA) is 290 Å². The third-order valence-electron chi connectivity index (χ3n) is 12.1. The fourth-order valence-corrected chi connectivity index (χ4v) is 7.72. The van der Waals surface area contributed by atoms with Crippen molar-refractivity contribution in [2.24, 2.45) is 17.6 Å². The van der Waals surface area contributed by atoms with Crippen LogP contribution in [-0.4, -0.2) is 158 Å². The Labute approximate surface area is 421 Å². The molecular formula is C48H66Cl2F2N8O11. The Kier molecular flexibility index (Phi) is 24.8. The Bertz CT molecular complexity index is 2190. The molecule has 0 saturated carbocycles. The molecule has 0 unspecified atom stereocenters. The molecule has 2 fully saturated rings. The number of aromatic nitrogens is 4. The Hall–Kier alpha value is -5.10. The third-order valence-corrected chi connectivity index (χ3v) is 12.4. The minimum absolute atomic E-state index is 0.147. The van der Waals surface area contributed by atoms with E-state index >= 15 is 0 Å². The van der Waals surface area contributed by atoms with Gasteiger partial charge in [0, 0.05) is 38.3 Å². The maximum Gasteiger partial charge on any atom is 0.307 e. The molecule has 0 bridgehead atoms. The predicted octanol–water partition coefficient (Wildman–Crippen LogP) is 3.35. The van der Waals surface area contributed by atoms with Gasteiger partial charge in [-0.1, -0.05) is 35.3 Å². The van der Waals surface area contributed by atoms with Crippen molar-refractivity contribution in [2.75, 3.05) is 88.8 Å². The van der Waals surface area contributed by atoms with Gasteiger partial charge >= 0.3 is 5.97 Å². The molecule has 2 aromatic heterocycles. The highest BCUT2D eigenvalue weighted by Gasteiger charge is 2.30. The molecular weight excluding hydrogens is 973 g/mol. The number of piperidine rings is 2. The van der Waals surface area contributed by atoms with E-state index < -0.39 is 74.2 Å². The standard InChI is InChI=1S/C24H32ClFN4O5.C20H23ClFN3O3.C4H11NO3/c25-19-12-27-23(28-13-19)30-7-5-17(6-8-30)2-1-9-35-20-4-3-18(21(26)11-20)10-22(34)29-24(14-31,15-32)16-33;21-16-12-23-20(24-13-16)25-7-5-14(6-8-25)2-1-9-28-17-4-3-15(10-19(26)27)18(22)11-17;5-4(1-6,2-7)3-8/h3-4,11-13,17,31-33H,1-2,5-10,14-16H2,(H,29,34);3-4,11-14H,1-2,5-10H2,(H,26,27);6-8H,1-3,5H2. The monoisotopic (exact) mass is 1040 g/mol. The molecule has 392 valence electrons. The van der Waals surface area contributed by atoms with Crippen LogP contribution in [0.1, 0.15) is 62.5 Å². The summed E-state index contributed by atoms with van der Waals surface area (Å²) < 4.78 is 39.6. The lowest BCUT2D eigenvalue weighted by Crippen LogP contribution is -2.57. The lowest BCUT2D eigenvalue weighted by atomic mass is 9.92. The first-order valence-corrected chi connectivity index (χ1v) is 24.1. The van der Waals surface area contributed by atoms with Crippen molar-refractivity contribution >= 4 is 47.0 Å². The van der Waals surface area contributed by atoms with Crippen LogP contribution in [0.25, 0.3) is 0 Å². The molecule has 0 atom stereocenters. The van der Waals surface area contributed by atoms with Gasteiger partial charge in [0.05, 0.1) is 106 Å². The number of halogens is 4. The summed E-state index contributed by atoms with van der Waals surface area (Å²) in [6, 6.07) is 8.65. The van der Waals surface area contributed by atoms with Crippen molar-refractivity contribution in [3.8, 4) is 11.5 Å². The summed E-state index contributed by atoms with van der Waals surface area (Å²) in [5, 5.41) is 65.1. The number of anilines is 2. The quantitative estimate of drug-likeness (QED) is 0.0482. The first-order valence-electron chi connectivity index (χ1n) is 23.3. The van der Waals surface area contributed by atoms with E-state index in [1.54, 1.807) is 36.9 Å². The molecule has 0 radical (unpaired) electrons. The molecule has 2 aliphatic rings. The molecule has 2 aliphatic heterocycles. The number of hydrogen-bond donors (Lipinski definition) is 9. The van der Waals surface area contributed by atoms with Crippen LogP contribution in [-0.2, 0) is 22.4 Å². The maximum absolute atomic E-state index is 14.5. The van der Waals surface area contributed by atoms with Gasteiger partial charge < -0.3 is 66.1 Å². The first kappa shape index (κ1) is 58.5. The van der Waals surface area contributed by atoms with Crippen LogP contribution >= 0.6 is 23.2 Å². The number of carboxylic acid groups (broad SMARTS) is 1. The average Bonchev–Trinajstić information content (AvgIpc) is 3.38. The van der Waals surface area contributed by atoms with Gasteiger partial charge in [-0.3, -0.25) is 9.59 Å². The molecule has 6 rings (SSSR count). The highest BCUT2D eigenvalue weighted by molar-refractivity contribution is 6.30. The van der Waals surface area contributed by atoms with Gasteiger partial charge in [-0.2, -0.15) is 0 Å². The normalized spacial score (nSPS) is 14.5. The van der Waals surface area contributed by atoms with Crippen LogP contribution < -0.4 is 30.3 Å². The van der Waals surface area contributed by atoms with Crippen molar-refractivity contribution in [1.29, 1.82) is 0 Å². The molecule has 19 nitrogen and oxygen atoms in total. The largest absolute Gasteiger partial charge is 0.493 e. The Morgan fingerprint density at radius 1 is 0.648 bits per heavy atom. The second kappa shape index (κ2) is 30.1. The number of aliphatic carboxylic acids is 1. The van der Waals surface area contributed by atoms with Crippen molar-refractivity contribution < 1.29 is 63.6 Å². The number of nitrogens with zero attached hydrogens (tertiary/aromatic N) is 6. The fourth-order valence-electron chi connectivity index (χ4n) is 7.52. The van der Waals surface area contributed by atoms with E-state index in [9.17, 15) is 33.7 Å². The molecule has 23 heteroatoms. The predicted molar refractivity (Wildman–Crippen MR) is 262 cm³/mol. The van der Waals surface area contributed by atoms with Crippen LogP contribution in [0.4, 0.5) is 20.7 Å². The van der Waals surface area contributed by atoms with E-state index in [1.165, 1.54) is 24.3 Å². The molecule has 4 aromatic rings. The number of rotatable bonds is 23. The van der Waals surface area contributed by atoms with E-state index in [2.05, 4.69) is 35.1 Å². The highest BCUT2D eigenvalue weighted by Crippen LogP contribution is 2.27. The van der Waals surface area contributed by atoms with Crippen LogP contribution in [0.2, 0.25) is 10.0 Å². The molecule has 71 heavy (non-hydrogen) atoms. The smallest absolute Gasteiger partial charge is 0.307 e. The molecule has 0 aliphatic carbocycles. The summed E-state index contributed by atoms with van der Waals surface area (Å²) in [6.07, 6.45) is 13.8. The number of aliphatic hydroxyl groups is 6. The molecule has 10 N–H and O–H groups in total. The zero-order chi connectivity index (χ0) is 51.8. The highest BCUT2D eigenvalue weighted by atomic mass is 35.5. The van der Waals surface area contributed by atoms with Crippen molar-refractivity contribution in [3.63, 3.8) is 0 Å². The Morgan fingerprint density at radius 2 is 1.03 bits per heavy atom. The third kappa shape index (κ3) is 19.8. The first-order chi connectivity index (χ1) is 34.1. The molecule has 2 saturated heterocycles. The number of benzene rings is 2. The summed E-state index contributed by atoms with van der Waals surface area (Å²) in [7, 11) is 0. The SMILES string of the molecule is NC(CO)(CO)CO.O=C(Cc1ccc(OCCCC2CCN(c3ncc(Cl)cn3)CC2)cc1F)NC(CO)(CO)CO.O=C(O)Cc1ccc(OCCCC2CCN(c3ncc(Cl)cn3)CC2)cc1F. The number of aliphatic hydroxyl groups excluding tert-OH is 6. The van der Waals surface area contributed by atoms with E-state index in [0.29, 0.717) is 52.5 Å². The Balaban J connectivity index is 0.000000272. The maximum atomic E-state index is 14.5. The molecule has 0 spiro atoms. The second-order valence-electron chi connectivity index (χ2n) is 17.6. The fraction of sp³-hybridized carbons (Fsp3) is 0.542. The summed E-state index contributed by atoms with van der Waals surface area (Å²) in [6.45, 7) is 1.47. The van der Waals surface area contributed by atoms with Crippen molar-refractivity contribution in [3.05, 3.63) is 94.0 Å². The van der Waals surface area contributed by atoms with Crippen LogP contribution in [0.3, 0.4) is 0 Å². The number of nitrogens with two attached hydrogens (primary N) is 1. The number of hydrogen-bond acceptors (Lipinski definition) is 17. The van der Waals surface area contributed by atoms with Crippen LogP contribution in [0, 0.1) is 23.5 Å². The van der Waals surface area contributed by atoms with Gasteiger partial charge in [0.15, 0.2) is 0 Å². The summed E-state index contributed by atoms with van der Waals surface area (Å²) in [5.74, 6) is 0.648. The zero-order valence-electron chi connectivity index (χ0n) is 39.5. The molecule has 4 heterocycles. The minimum Gasteiger partial charge on any atom is -0.493 e. The average molecular weight is 1040 g/mol.